The molecule has 0 fully saturated rings. The molecule has 116 valence electrons. The van der Waals surface area contributed by atoms with Crippen LogP contribution in [-0.2, 0) is 6.54 Å². The molecule has 0 aliphatic heterocycles. The van der Waals surface area contributed by atoms with Crippen LogP contribution in [0.2, 0.25) is 15.2 Å². The number of aryl methyl sites for hydroxylation is 1. The lowest BCUT2D eigenvalue weighted by atomic mass is 10.2. The standard InChI is InChI=1S/C13H12Cl3N5O/c1-7-8(5-18-19-13(17)22)12(16)21(20-7)6-9-10(14)3-2-4-11(9)15/h2-5H,6H2,1H3,(H3,17,19,22). The van der Waals surface area contributed by atoms with Crippen molar-refractivity contribution in [3.8, 4) is 0 Å². The van der Waals surface area contributed by atoms with E-state index in [0.717, 1.165) is 0 Å². The normalized spacial score (nSPS) is 11.1. The molecule has 0 radical (unpaired) electrons. The molecule has 0 saturated heterocycles. The van der Waals surface area contributed by atoms with E-state index in [9.17, 15) is 4.79 Å². The van der Waals surface area contributed by atoms with Crippen LogP contribution < -0.4 is 11.2 Å². The first-order chi connectivity index (χ1) is 10.4. The molecule has 0 unspecified atom stereocenters. The highest BCUT2D eigenvalue weighted by Gasteiger charge is 2.14. The van der Waals surface area contributed by atoms with Gasteiger partial charge in [-0.2, -0.15) is 10.2 Å². The second-order valence-corrected chi connectivity index (χ2v) is 5.55. The molecule has 3 N–H and O–H groups in total. The quantitative estimate of drug-likeness (QED) is 0.648. The van der Waals surface area contributed by atoms with Crippen molar-refractivity contribution in [1.82, 2.24) is 15.2 Å². The molecule has 6 nitrogen and oxygen atoms in total. The number of hydrogen-bond donors (Lipinski definition) is 2. The van der Waals surface area contributed by atoms with Crippen LogP contribution in [0.5, 0.6) is 0 Å². The maximum atomic E-state index is 10.6. The van der Waals surface area contributed by atoms with Crippen LogP contribution in [0, 0.1) is 6.92 Å². The van der Waals surface area contributed by atoms with Gasteiger partial charge in [0.1, 0.15) is 5.15 Å². The molecule has 0 bridgehead atoms. The highest BCUT2D eigenvalue weighted by atomic mass is 35.5. The fraction of sp³-hybridized carbons (Fsp3) is 0.154. The van der Waals surface area contributed by atoms with E-state index < -0.39 is 6.03 Å². The number of hydrogen-bond acceptors (Lipinski definition) is 3. The molecule has 0 spiro atoms. The Morgan fingerprint density at radius 2 is 2.05 bits per heavy atom. The van der Waals surface area contributed by atoms with Gasteiger partial charge in [0.25, 0.3) is 0 Å². The fourth-order valence-electron chi connectivity index (χ4n) is 1.81. The summed E-state index contributed by atoms with van der Waals surface area (Å²) in [6, 6.07) is 4.48. The van der Waals surface area contributed by atoms with Gasteiger partial charge in [-0.05, 0) is 19.1 Å². The second kappa shape index (κ2) is 7.00. The number of rotatable bonds is 4. The lowest BCUT2D eigenvalue weighted by Gasteiger charge is -2.08. The predicted molar refractivity (Wildman–Crippen MR) is 87.9 cm³/mol. The van der Waals surface area contributed by atoms with Crippen LogP contribution >= 0.6 is 34.8 Å². The van der Waals surface area contributed by atoms with Crippen molar-refractivity contribution in [2.45, 2.75) is 13.5 Å². The number of urea groups is 1. The number of amides is 2. The van der Waals surface area contributed by atoms with E-state index in [4.69, 9.17) is 40.5 Å². The van der Waals surface area contributed by atoms with E-state index in [0.29, 0.717) is 38.6 Å². The topological polar surface area (TPSA) is 85.3 Å². The highest BCUT2D eigenvalue weighted by molar-refractivity contribution is 6.36. The molecule has 1 aromatic carbocycles. The zero-order chi connectivity index (χ0) is 16.3. The summed E-state index contributed by atoms with van der Waals surface area (Å²) in [7, 11) is 0. The van der Waals surface area contributed by atoms with Crippen molar-refractivity contribution in [3.05, 3.63) is 50.2 Å². The molecule has 1 aromatic heterocycles. The van der Waals surface area contributed by atoms with Gasteiger partial charge in [-0.25, -0.2) is 14.9 Å². The van der Waals surface area contributed by atoms with E-state index in [1.165, 1.54) is 6.21 Å². The molecule has 0 saturated carbocycles. The molecule has 0 aliphatic rings. The van der Waals surface area contributed by atoms with Crippen molar-refractivity contribution in [3.63, 3.8) is 0 Å². The predicted octanol–water partition coefficient (Wildman–Crippen LogP) is 3.20. The Morgan fingerprint density at radius 3 is 2.64 bits per heavy atom. The number of aromatic nitrogens is 2. The smallest absolute Gasteiger partial charge is 0.332 e. The summed E-state index contributed by atoms with van der Waals surface area (Å²) in [5, 5.41) is 9.41. The summed E-state index contributed by atoms with van der Waals surface area (Å²) in [5.74, 6) is 0. The third-order valence-electron chi connectivity index (χ3n) is 2.85. The summed E-state index contributed by atoms with van der Waals surface area (Å²) in [6.07, 6.45) is 1.38. The van der Waals surface area contributed by atoms with Crippen LogP contribution in [0.4, 0.5) is 4.79 Å². The first-order valence-electron chi connectivity index (χ1n) is 6.14. The Kier molecular flexibility index (Phi) is 5.28. The van der Waals surface area contributed by atoms with Gasteiger partial charge in [-0.3, -0.25) is 0 Å². The van der Waals surface area contributed by atoms with Gasteiger partial charge in [0.15, 0.2) is 0 Å². The number of nitrogens with two attached hydrogens (primary N) is 1. The average Bonchev–Trinajstić information content (AvgIpc) is 2.70. The van der Waals surface area contributed by atoms with E-state index in [1.807, 2.05) is 0 Å². The summed E-state index contributed by atoms with van der Waals surface area (Å²) in [4.78, 5) is 10.6. The van der Waals surface area contributed by atoms with E-state index in [-0.39, 0.29) is 0 Å². The maximum Gasteiger partial charge on any atom is 0.332 e. The van der Waals surface area contributed by atoms with Gasteiger partial charge in [0, 0.05) is 15.6 Å². The van der Waals surface area contributed by atoms with E-state index >= 15 is 0 Å². The number of carbonyl (C=O) groups excluding carboxylic acids is 1. The summed E-state index contributed by atoms with van der Waals surface area (Å²) in [6.45, 7) is 2.08. The summed E-state index contributed by atoms with van der Waals surface area (Å²) >= 11 is 18.6. The van der Waals surface area contributed by atoms with Crippen LogP contribution in [0.3, 0.4) is 0 Å². The molecular formula is C13H12Cl3N5O. The van der Waals surface area contributed by atoms with Crippen molar-refractivity contribution < 1.29 is 4.79 Å². The van der Waals surface area contributed by atoms with Crippen molar-refractivity contribution >= 4 is 47.0 Å². The Balaban J connectivity index is 2.30. The number of halogens is 3. The Hall–Kier alpha value is -1.76. The lowest BCUT2D eigenvalue weighted by Crippen LogP contribution is -2.24. The van der Waals surface area contributed by atoms with Crippen LogP contribution in [0.1, 0.15) is 16.8 Å². The maximum absolute atomic E-state index is 10.6. The largest absolute Gasteiger partial charge is 0.350 e. The van der Waals surface area contributed by atoms with Crippen molar-refractivity contribution in [2.75, 3.05) is 0 Å². The number of nitrogens with zero attached hydrogens (tertiary/aromatic N) is 3. The van der Waals surface area contributed by atoms with Gasteiger partial charge >= 0.3 is 6.03 Å². The minimum Gasteiger partial charge on any atom is -0.350 e. The molecule has 1 heterocycles. The van der Waals surface area contributed by atoms with Crippen LogP contribution in [0.15, 0.2) is 23.3 Å². The van der Waals surface area contributed by atoms with Crippen LogP contribution in [0.25, 0.3) is 0 Å². The highest BCUT2D eigenvalue weighted by Crippen LogP contribution is 2.27. The fourth-order valence-corrected chi connectivity index (χ4v) is 2.61. The van der Waals surface area contributed by atoms with Gasteiger partial charge in [-0.1, -0.05) is 40.9 Å². The van der Waals surface area contributed by atoms with Gasteiger partial charge in [-0.15, -0.1) is 0 Å². The van der Waals surface area contributed by atoms with Crippen molar-refractivity contribution in [2.24, 2.45) is 10.8 Å². The zero-order valence-electron chi connectivity index (χ0n) is 11.5. The van der Waals surface area contributed by atoms with E-state index in [1.54, 1.807) is 29.8 Å². The van der Waals surface area contributed by atoms with Gasteiger partial charge in [0.05, 0.1) is 24.0 Å². The molecule has 2 rings (SSSR count). The van der Waals surface area contributed by atoms with Gasteiger partial charge < -0.3 is 5.73 Å². The van der Waals surface area contributed by atoms with Crippen molar-refractivity contribution in [1.29, 1.82) is 0 Å². The van der Waals surface area contributed by atoms with Crippen LogP contribution in [-0.4, -0.2) is 22.0 Å². The van der Waals surface area contributed by atoms with E-state index in [2.05, 4.69) is 15.6 Å². The number of nitrogens with one attached hydrogen (secondary N) is 1. The molecular weight excluding hydrogens is 349 g/mol. The number of hydrazone groups is 1. The average molecular weight is 361 g/mol. The summed E-state index contributed by atoms with van der Waals surface area (Å²) in [5.41, 5.74) is 8.95. The molecule has 9 heteroatoms. The first kappa shape index (κ1) is 16.6. The molecule has 2 aromatic rings. The number of primary amides is 1. The number of carbonyl (C=O) groups is 1. The molecule has 2 amide bonds. The second-order valence-electron chi connectivity index (χ2n) is 4.38. The Morgan fingerprint density at radius 1 is 1.41 bits per heavy atom. The molecule has 0 atom stereocenters. The minimum atomic E-state index is -0.764. The minimum absolute atomic E-state index is 0.315. The lowest BCUT2D eigenvalue weighted by molar-refractivity contribution is 0.249. The third-order valence-corrected chi connectivity index (χ3v) is 3.95. The zero-order valence-corrected chi connectivity index (χ0v) is 13.7. The summed E-state index contributed by atoms with van der Waals surface area (Å²) < 4.78 is 1.55. The Labute approximate surface area is 141 Å². The monoisotopic (exact) mass is 359 g/mol. The molecule has 0 aliphatic carbocycles. The Bertz CT molecular complexity index is 721. The SMILES string of the molecule is Cc1nn(Cc2c(Cl)cccc2Cl)c(Cl)c1C=NNC(N)=O. The third kappa shape index (κ3) is 3.71. The van der Waals surface area contributed by atoms with Gasteiger partial charge in [0.2, 0.25) is 0 Å². The first-order valence-corrected chi connectivity index (χ1v) is 7.28. The number of benzene rings is 1. The molecule has 22 heavy (non-hydrogen) atoms.